The van der Waals surface area contributed by atoms with Gasteiger partial charge < -0.3 is 10.1 Å². The number of hydrogen-bond donors (Lipinski definition) is 1. The number of amides is 1. The van der Waals surface area contributed by atoms with Crippen molar-refractivity contribution in [2.45, 2.75) is 13.8 Å². The normalized spacial score (nSPS) is 10.5. The van der Waals surface area contributed by atoms with Crippen molar-refractivity contribution in [2.24, 2.45) is 0 Å². The van der Waals surface area contributed by atoms with E-state index in [4.69, 9.17) is 16.3 Å². The second-order valence-corrected chi connectivity index (χ2v) is 5.92. The van der Waals surface area contributed by atoms with Crippen molar-refractivity contribution in [3.8, 4) is 11.5 Å². The lowest BCUT2D eigenvalue weighted by Gasteiger charge is -2.09. The van der Waals surface area contributed by atoms with Crippen molar-refractivity contribution in [1.29, 1.82) is 0 Å². The van der Waals surface area contributed by atoms with Gasteiger partial charge in [0.2, 0.25) is 0 Å². The highest BCUT2D eigenvalue weighted by molar-refractivity contribution is 6.30. The van der Waals surface area contributed by atoms with Gasteiger partial charge in [-0.2, -0.15) is 0 Å². The number of nitrogens with one attached hydrogen (secondary N) is 1. The zero-order valence-electron chi connectivity index (χ0n) is 14.0. The summed E-state index contributed by atoms with van der Waals surface area (Å²) >= 11 is 5.89. The smallest absolute Gasteiger partial charge is 0.275 e. The van der Waals surface area contributed by atoms with Crippen LogP contribution in [-0.4, -0.2) is 20.9 Å². The standard InChI is InChI=1S/C18H14ClFN4O2/c1-10-5-13(26-14-6-12(19)8-21-9-14)7-16(22-10)18(25)24-17-4-3-15(20)11(2)23-17/h3-9H,1-2H3,(H,23,24,25). The van der Waals surface area contributed by atoms with Gasteiger partial charge in [0.15, 0.2) is 0 Å². The Bertz CT molecular complexity index is 981. The van der Waals surface area contributed by atoms with Crippen molar-refractivity contribution in [1.82, 2.24) is 15.0 Å². The minimum absolute atomic E-state index is 0.138. The van der Waals surface area contributed by atoms with E-state index in [0.29, 0.717) is 22.2 Å². The van der Waals surface area contributed by atoms with Gasteiger partial charge in [-0.15, -0.1) is 0 Å². The highest BCUT2D eigenvalue weighted by Gasteiger charge is 2.13. The molecule has 3 rings (SSSR count). The number of carbonyl (C=O) groups excluding carboxylic acids is 1. The van der Waals surface area contributed by atoms with Crippen LogP contribution in [0.5, 0.6) is 11.5 Å². The van der Waals surface area contributed by atoms with Crippen molar-refractivity contribution in [3.63, 3.8) is 0 Å². The molecule has 0 aliphatic heterocycles. The summed E-state index contributed by atoms with van der Waals surface area (Å²) in [5.41, 5.74) is 0.919. The van der Waals surface area contributed by atoms with E-state index in [1.165, 1.54) is 37.5 Å². The van der Waals surface area contributed by atoms with Gasteiger partial charge in [0, 0.05) is 30.1 Å². The van der Waals surface area contributed by atoms with Gasteiger partial charge in [0.1, 0.15) is 28.8 Å². The summed E-state index contributed by atoms with van der Waals surface area (Å²) in [6.07, 6.45) is 3.00. The van der Waals surface area contributed by atoms with Crippen LogP contribution >= 0.6 is 11.6 Å². The third kappa shape index (κ3) is 4.31. The molecule has 0 saturated heterocycles. The third-order valence-corrected chi connectivity index (χ3v) is 3.54. The second kappa shape index (κ2) is 7.45. The molecule has 0 aromatic carbocycles. The summed E-state index contributed by atoms with van der Waals surface area (Å²) in [4.78, 5) is 24.5. The zero-order chi connectivity index (χ0) is 18.7. The Morgan fingerprint density at radius 3 is 2.65 bits per heavy atom. The zero-order valence-corrected chi connectivity index (χ0v) is 14.7. The monoisotopic (exact) mass is 372 g/mol. The highest BCUT2D eigenvalue weighted by Crippen LogP contribution is 2.24. The summed E-state index contributed by atoms with van der Waals surface area (Å²) in [6.45, 7) is 3.25. The maximum absolute atomic E-state index is 13.3. The van der Waals surface area contributed by atoms with Crippen LogP contribution in [0.15, 0.2) is 42.7 Å². The van der Waals surface area contributed by atoms with Crippen LogP contribution in [0, 0.1) is 19.7 Å². The van der Waals surface area contributed by atoms with E-state index in [1.54, 1.807) is 19.1 Å². The van der Waals surface area contributed by atoms with E-state index >= 15 is 0 Å². The fourth-order valence-electron chi connectivity index (χ4n) is 2.19. The van der Waals surface area contributed by atoms with Crippen LogP contribution in [0.3, 0.4) is 0 Å². The predicted molar refractivity (Wildman–Crippen MR) is 95.2 cm³/mol. The van der Waals surface area contributed by atoms with Crippen LogP contribution in [0.4, 0.5) is 10.2 Å². The number of rotatable bonds is 4. The number of aryl methyl sites for hydroxylation is 2. The lowest BCUT2D eigenvalue weighted by atomic mass is 10.2. The number of pyridine rings is 3. The first-order chi connectivity index (χ1) is 12.4. The number of halogens is 2. The van der Waals surface area contributed by atoms with Crippen molar-refractivity contribution in [3.05, 3.63) is 70.6 Å². The van der Waals surface area contributed by atoms with Crippen LogP contribution in [0.1, 0.15) is 21.9 Å². The Labute approximate surface area is 154 Å². The molecule has 3 aromatic heterocycles. The number of carbonyl (C=O) groups is 1. The van der Waals surface area contributed by atoms with Crippen LogP contribution in [0.25, 0.3) is 0 Å². The number of ether oxygens (including phenoxy) is 1. The Kier molecular flexibility index (Phi) is 5.09. The van der Waals surface area contributed by atoms with Crippen LogP contribution in [0.2, 0.25) is 5.02 Å². The van der Waals surface area contributed by atoms with Gasteiger partial charge in [0.05, 0.1) is 16.9 Å². The fraction of sp³-hybridized carbons (Fsp3) is 0.111. The first kappa shape index (κ1) is 17.8. The minimum Gasteiger partial charge on any atom is -0.456 e. The Morgan fingerprint density at radius 1 is 1.12 bits per heavy atom. The molecule has 0 radical (unpaired) electrons. The molecule has 6 nitrogen and oxygen atoms in total. The molecule has 0 bridgehead atoms. The van der Waals surface area contributed by atoms with E-state index < -0.39 is 11.7 Å². The highest BCUT2D eigenvalue weighted by atomic mass is 35.5. The SMILES string of the molecule is Cc1cc(Oc2cncc(Cl)c2)cc(C(=O)Nc2ccc(F)c(C)n2)n1. The number of hydrogen-bond acceptors (Lipinski definition) is 5. The number of nitrogens with zero attached hydrogens (tertiary/aromatic N) is 3. The Balaban J connectivity index is 1.82. The van der Waals surface area contributed by atoms with Gasteiger partial charge in [-0.3, -0.25) is 9.78 Å². The van der Waals surface area contributed by atoms with Gasteiger partial charge in [-0.1, -0.05) is 11.6 Å². The summed E-state index contributed by atoms with van der Waals surface area (Å²) in [5, 5.41) is 3.02. The lowest BCUT2D eigenvalue weighted by molar-refractivity contribution is 0.102. The maximum atomic E-state index is 13.3. The molecule has 8 heteroatoms. The molecular formula is C18H14ClFN4O2. The van der Waals surface area contributed by atoms with Gasteiger partial charge in [-0.05, 0) is 26.0 Å². The molecule has 132 valence electrons. The molecular weight excluding hydrogens is 359 g/mol. The molecule has 1 N–H and O–H groups in total. The minimum atomic E-state index is -0.485. The molecule has 0 aliphatic rings. The largest absolute Gasteiger partial charge is 0.456 e. The van der Waals surface area contributed by atoms with E-state index in [2.05, 4.69) is 20.3 Å². The molecule has 3 heterocycles. The van der Waals surface area contributed by atoms with Crippen molar-refractivity contribution in [2.75, 3.05) is 5.32 Å². The molecule has 1 amide bonds. The number of aromatic nitrogens is 3. The summed E-state index contributed by atoms with van der Waals surface area (Å²) in [6, 6.07) is 7.39. The quantitative estimate of drug-likeness (QED) is 0.737. The average molecular weight is 373 g/mol. The third-order valence-electron chi connectivity index (χ3n) is 3.34. The second-order valence-electron chi connectivity index (χ2n) is 5.49. The van der Waals surface area contributed by atoms with Crippen LogP contribution in [-0.2, 0) is 0 Å². The van der Waals surface area contributed by atoms with Crippen LogP contribution < -0.4 is 10.1 Å². The van der Waals surface area contributed by atoms with Crippen molar-refractivity contribution >= 4 is 23.3 Å². The lowest BCUT2D eigenvalue weighted by Crippen LogP contribution is -2.15. The molecule has 0 spiro atoms. The maximum Gasteiger partial charge on any atom is 0.275 e. The molecule has 3 aromatic rings. The summed E-state index contributed by atoms with van der Waals surface area (Å²) in [7, 11) is 0. The molecule has 0 atom stereocenters. The molecule has 0 saturated carbocycles. The first-order valence-electron chi connectivity index (χ1n) is 7.62. The van der Waals surface area contributed by atoms with Gasteiger partial charge >= 0.3 is 0 Å². The molecule has 0 unspecified atom stereocenters. The molecule has 0 fully saturated rings. The average Bonchev–Trinajstić information content (AvgIpc) is 2.57. The van der Waals surface area contributed by atoms with E-state index in [-0.39, 0.29) is 17.2 Å². The molecule has 26 heavy (non-hydrogen) atoms. The fourth-order valence-corrected chi connectivity index (χ4v) is 2.35. The van der Waals surface area contributed by atoms with Gasteiger partial charge in [-0.25, -0.2) is 14.4 Å². The Morgan fingerprint density at radius 2 is 1.92 bits per heavy atom. The van der Waals surface area contributed by atoms with E-state index in [9.17, 15) is 9.18 Å². The van der Waals surface area contributed by atoms with E-state index in [1.807, 2.05) is 0 Å². The van der Waals surface area contributed by atoms with Gasteiger partial charge in [0.25, 0.3) is 5.91 Å². The van der Waals surface area contributed by atoms with Crippen molar-refractivity contribution < 1.29 is 13.9 Å². The first-order valence-corrected chi connectivity index (χ1v) is 8.00. The number of anilines is 1. The Hall–Kier alpha value is -3.06. The molecule has 0 aliphatic carbocycles. The van der Waals surface area contributed by atoms with E-state index in [0.717, 1.165) is 0 Å². The summed E-state index contributed by atoms with van der Waals surface area (Å²) in [5.74, 6) is 0.155. The summed E-state index contributed by atoms with van der Waals surface area (Å²) < 4.78 is 19.0. The topological polar surface area (TPSA) is 77.0 Å². The predicted octanol–water partition coefficient (Wildman–Crippen LogP) is 4.33.